The maximum Gasteiger partial charge on any atom is 0.230 e. The monoisotopic (exact) mass is 270 g/mol. The van der Waals surface area contributed by atoms with E-state index in [4.69, 9.17) is 5.73 Å². The predicted octanol–water partition coefficient (Wildman–Crippen LogP) is 1.91. The van der Waals surface area contributed by atoms with Gasteiger partial charge in [0.05, 0.1) is 5.92 Å². The molecule has 1 aromatic rings. The van der Waals surface area contributed by atoms with Crippen LogP contribution >= 0.6 is 0 Å². The van der Waals surface area contributed by atoms with Gasteiger partial charge in [-0.2, -0.15) is 0 Å². The van der Waals surface area contributed by atoms with Gasteiger partial charge in [0.15, 0.2) is 0 Å². The molecule has 4 unspecified atom stereocenters. The molecule has 3 heteroatoms. The molecule has 1 aliphatic heterocycles. The molecule has 0 aromatic heterocycles. The molecule has 1 aromatic carbocycles. The minimum absolute atomic E-state index is 0.113. The molecule has 4 atom stereocenters. The van der Waals surface area contributed by atoms with Gasteiger partial charge in [0.2, 0.25) is 5.91 Å². The van der Waals surface area contributed by atoms with Crippen LogP contribution in [0.2, 0.25) is 0 Å². The van der Waals surface area contributed by atoms with E-state index in [0.717, 1.165) is 25.9 Å². The number of amides is 1. The maximum atomic E-state index is 12.7. The highest BCUT2D eigenvalue weighted by atomic mass is 16.2. The first kappa shape index (κ1) is 12.4. The van der Waals surface area contributed by atoms with Gasteiger partial charge in [-0.25, -0.2) is 0 Å². The number of carbonyl (C=O) groups is 1. The third kappa shape index (κ3) is 1.80. The molecule has 1 saturated heterocycles. The second-order valence-electron chi connectivity index (χ2n) is 6.72. The van der Waals surface area contributed by atoms with Crippen LogP contribution in [0.25, 0.3) is 0 Å². The Bertz CT molecular complexity index is 542. The van der Waals surface area contributed by atoms with Crippen LogP contribution in [0.1, 0.15) is 36.3 Å². The molecular formula is C17H22N2O. The van der Waals surface area contributed by atoms with Gasteiger partial charge < -0.3 is 10.6 Å². The van der Waals surface area contributed by atoms with Crippen LogP contribution in [-0.2, 0) is 11.2 Å². The van der Waals surface area contributed by atoms with Crippen molar-refractivity contribution >= 4 is 5.91 Å². The number of benzene rings is 1. The maximum absolute atomic E-state index is 12.7. The van der Waals surface area contributed by atoms with E-state index >= 15 is 0 Å². The molecule has 0 bridgehead atoms. The molecule has 4 rings (SSSR count). The molecule has 106 valence electrons. The molecule has 2 fully saturated rings. The Morgan fingerprint density at radius 2 is 2.05 bits per heavy atom. The van der Waals surface area contributed by atoms with Crippen molar-refractivity contribution in [2.45, 2.75) is 37.6 Å². The van der Waals surface area contributed by atoms with Crippen LogP contribution in [0.3, 0.4) is 0 Å². The van der Waals surface area contributed by atoms with Gasteiger partial charge in [0.25, 0.3) is 0 Å². The average Bonchev–Trinajstić information content (AvgIpc) is 2.85. The van der Waals surface area contributed by atoms with Crippen LogP contribution in [0.5, 0.6) is 0 Å². The van der Waals surface area contributed by atoms with Gasteiger partial charge >= 0.3 is 0 Å². The lowest BCUT2D eigenvalue weighted by molar-refractivity contribution is -0.132. The second kappa shape index (κ2) is 4.59. The Morgan fingerprint density at radius 3 is 2.85 bits per heavy atom. The van der Waals surface area contributed by atoms with E-state index in [9.17, 15) is 4.79 Å². The summed E-state index contributed by atoms with van der Waals surface area (Å²) >= 11 is 0. The molecule has 0 radical (unpaired) electrons. The van der Waals surface area contributed by atoms with Crippen molar-refractivity contribution in [3.05, 3.63) is 35.4 Å². The largest absolute Gasteiger partial charge is 0.342 e. The first-order valence-electron chi connectivity index (χ1n) is 7.86. The highest BCUT2D eigenvalue weighted by molar-refractivity contribution is 5.87. The molecule has 3 aliphatic rings. The Hall–Kier alpha value is -1.35. The lowest BCUT2D eigenvalue weighted by atomic mass is 9.77. The standard InChI is InChI=1S/C17H22N2O/c18-16-7-3-5-12-9-19(10-15(12)16)17(20)14-8-11-4-1-2-6-13(11)14/h1-2,4,6,12,14-16H,3,5,7-10,18H2. The molecule has 0 spiro atoms. The Labute approximate surface area is 120 Å². The fraction of sp³-hybridized carbons (Fsp3) is 0.588. The molecule has 2 N–H and O–H groups in total. The zero-order chi connectivity index (χ0) is 13.7. The summed E-state index contributed by atoms with van der Waals surface area (Å²) in [5, 5.41) is 0. The Kier molecular flexibility index (Phi) is 2.84. The van der Waals surface area contributed by atoms with Crippen LogP contribution in [-0.4, -0.2) is 29.9 Å². The molecule has 1 saturated carbocycles. The number of likely N-dealkylation sites (tertiary alicyclic amines) is 1. The molecule has 2 aliphatic carbocycles. The molecule has 1 amide bonds. The van der Waals surface area contributed by atoms with E-state index in [1.165, 1.54) is 24.0 Å². The summed E-state index contributed by atoms with van der Waals surface area (Å²) in [6.45, 7) is 1.83. The summed E-state index contributed by atoms with van der Waals surface area (Å²) in [7, 11) is 0. The summed E-state index contributed by atoms with van der Waals surface area (Å²) in [5.41, 5.74) is 8.84. The lowest BCUT2D eigenvalue weighted by Gasteiger charge is -2.32. The minimum atomic E-state index is 0.113. The van der Waals surface area contributed by atoms with E-state index in [0.29, 0.717) is 23.8 Å². The zero-order valence-electron chi connectivity index (χ0n) is 11.8. The summed E-state index contributed by atoms with van der Waals surface area (Å²) in [5.74, 6) is 1.65. The first-order chi connectivity index (χ1) is 9.74. The number of hydrogen-bond acceptors (Lipinski definition) is 2. The summed E-state index contributed by atoms with van der Waals surface area (Å²) in [4.78, 5) is 14.8. The van der Waals surface area contributed by atoms with Gasteiger partial charge in [0, 0.05) is 19.1 Å². The Morgan fingerprint density at radius 1 is 1.20 bits per heavy atom. The van der Waals surface area contributed by atoms with Crippen molar-refractivity contribution in [2.24, 2.45) is 17.6 Å². The van der Waals surface area contributed by atoms with Crippen molar-refractivity contribution < 1.29 is 4.79 Å². The summed E-state index contributed by atoms with van der Waals surface area (Å²) < 4.78 is 0. The normalized spacial score (nSPS) is 35.1. The van der Waals surface area contributed by atoms with E-state index in [1.807, 2.05) is 6.07 Å². The summed E-state index contributed by atoms with van der Waals surface area (Å²) in [6, 6.07) is 8.65. The molecule has 20 heavy (non-hydrogen) atoms. The van der Waals surface area contributed by atoms with Crippen LogP contribution in [0, 0.1) is 11.8 Å². The van der Waals surface area contributed by atoms with Crippen molar-refractivity contribution in [2.75, 3.05) is 13.1 Å². The first-order valence-corrected chi connectivity index (χ1v) is 7.86. The van der Waals surface area contributed by atoms with Gasteiger partial charge in [-0.1, -0.05) is 30.7 Å². The lowest BCUT2D eigenvalue weighted by Crippen LogP contribution is -2.40. The minimum Gasteiger partial charge on any atom is -0.342 e. The van der Waals surface area contributed by atoms with Gasteiger partial charge in [-0.3, -0.25) is 4.79 Å². The number of hydrogen-bond donors (Lipinski definition) is 1. The fourth-order valence-electron chi connectivity index (χ4n) is 4.40. The number of fused-ring (bicyclic) bond motifs is 2. The number of nitrogens with zero attached hydrogens (tertiary/aromatic N) is 1. The fourth-order valence-corrected chi connectivity index (χ4v) is 4.40. The molecule has 3 nitrogen and oxygen atoms in total. The van der Waals surface area contributed by atoms with E-state index in [-0.39, 0.29) is 5.92 Å². The van der Waals surface area contributed by atoms with Gasteiger partial charge in [-0.15, -0.1) is 0 Å². The van der Waals surface area contributed by atoms with E-state index < -0.39 is 0 Å². The number of carbonyl (C=O) groups excluding carboxylic acids is 1. The van der Waals surface area contributed by atoms with E-state index in [2.05, 4.69) is 23.1 Å². The van der Waals surface area contributed by atoms with Gasteiger partial charge in [0.1, 0.15) is 0 Å². The third-order valence-corrected chi connectivity index (χ3v) is 5.62. The average molecular weight is 270 g/mol. The zero-order valence-corrected chi connectivity index (χ0v) is 11.8. The summed E-state index contributed by atoms with van der Waals surface area (Å²) in [6.07, 6.45) is 4.54. The number of nitrogens with two attached hydrogens (primary N) is 1. The number of rotatable bonds is 1. The van der Waals surface area contributed by atoms with Gasteiger partial charge in [-0.05, 0) is 42.2 Å². The van der Waals surface area contributed by atoms with Crippen molar-refractivity contribution in [1.29, 1.82) is 0 Å². The van der Waals surface area contributed by atoms with Crippen LogP contribution < -0.4 is 5.73 Å². The Balaban J connectivity index is 1.49. The smallest absolute Gasteiger partial charge is 0.230 e. The molecule has 1 heterocycles. The van der Waals surface area contributed by atoms with Crippen LogP contribution in [0.15, 0.2) is 24.3 Å². The van der Waals surface area contributed by atoms with Crippen molar-refractivity contribution in [1.82, 2.24) is 4.90 Å². The predicted molar refractivity (Wildman–Crippen MR) is 78.3 cm³/mol. The molecular weight excluding hydrogens is 248 g/mol. The van der Waals surface area contributed by atoms with Crippen molar-refractivity contribution in [3.8, 4) is 0 Å². The van der Waals surface area contributed by atoms with Crippen LogP contribution in [0.4, 0.5) is 0 Å². The topological polar surface area (TPSA) is 46.3 Å². The highest BCUT2D eigenvalue weighted by Gasteiger charge is 2.43. The van der Waals surface area contributed by atoms with E-state index in [1.54, 1.807) is 0 Å². The quantitative estimate of drug-likeness (QED) is 0.847. The highest BCUT2D eigenvalue weighted by Crippen LogP contribution is 2.40. The second-order valence-corrected chi connectivity index (χ2v) is 6.72. The SMILES string of the molecule is NC1CCCC2CN(C(=O)C3Cc4ccccc43)CC12. The van der Waals surface area contributed by atoms with Crippen molar-refractivity contribution in [3.63, 3.8) is 0 Å². The third-order valence-electron chi connectivity index (χ3n) is 5.62.